The molecule has 0 heteroatoms. The zero-order chi connectivity index (χ0) is 18.3. The Morgan fingerprint density at radius 2 is 0.640 bits per heavy atom. The maximum atomic E-state index is 3.21. The summed E-state index contributed by atoms with van der Waals surface area (Å²) in [6.07, 6.45) is 25.5. The largest absolute Gasteiger partial charge is 0.0891 e. The summed E-state index contributed by atoms with van der Waals surface area (Å²) < 4.78 is 0. The number of unbranched alkanes of at least 4 members (excludes halogenated alkanes) is 17. The first kappa shape index (κ1) is 24.1. The molecule has 0 aromatic heterocycles. The molecule has 0 heterocycles. The predicted octanol–water partition coefficient (Wildman–Crippen LogP) is 8.44. The first-order valence-corrected chi connectivity index (χ1v) is 11.4. The molecule has 0 saturated carbocycles. The molecule has 0 aromatic carbocycles. The van der Waals surface area contributed by atoms with Crippen LogP contribution in [0.1, 0.15) is 136 Å². The summed E-state index contributed by atoms with van der Waals surface area (Å²) in [4.78, 5) is 0. The van der Waals surface area contributed by atoms with E-state index in [-0.39, 0.29) is 0 Å². The normalized spacial score (nSPS) is 10.0. The van der Waals surface area contributed by atoms with Crippen molar-refractivity contribution in [3.63, 3.8) is 0 Å². The van der Waals surface area contributed by atoms with Gasteiger partial charge in [0.25, 0.3) is 0 Å². The number of hydrogen-bond acceptors (Lipinski definition) is 0. The number of hydrogen-bond donors (Lipinski definition) is 0. The molecule has 0 aromatic rings. The maximum Gasteiger partial charge on any atom is 0.00989 e. The third-order valence-electron chi connectivity index (χ3n) is 4.80. The Morgan fingerprint density at radius 3 is 0.960 bits per heavy atom. The summed E-state index contributed by atoms with van der Waals surface area (Å²) in [5.74, 6) is 12.4. The molecule has 0 unspecified atom stereocenters. The summed E-state index contributed by atoms with van der Waals surface area (Å²) in [6, 6.07) is 0. The van der Waals surface area contributed by atoms with Crippen LogP contribution in [0.3, 0.4) is 0 Å². The molecule has 0 radical (unpaired) electrons. The van der Waals surface area contributed by atoms with Crippen molar-refractivity contribution in [3.05, 3.63) is 0 Å². The highest BCUT2D eigenvalue weighted by atomic mass is 14.0. The Morgan fingerprint density at radius 1 is 0.360 bits per heavy atom. The van der Waals surface area contributed by atoms with Crippen molar-refractivity contribution >= 4 is 0 Å². The van der Waals surface area contributed by atoms with Gasteiger partial charge in [0.15, 0.2) is 0 Å². The van der Waals surface area contributed by atoms with Crippen molar-refractivity contribution < 1.29 is 0 Å². The van der Waals surface area contributed by atoms with Gasteiger partial charge >= 0.3 is 0 Å². The van der Waals surface area contributed by atoms with E-state index >= 15 is 0 Å². The molecule has 0 spiro atoms. The molecule has 0 nitrogen and oxygen atoms in total. The highest BCUT2D eigenvalue weighted by Crippen LogP contribution is 2.12. The molecule has 25 heavy (non-hydrogen) atoms. The molecule has 0 aliphatic heterocycles. The fourth-order valence-corrected chi connectivity index (χ4v) is 3.08. The van der Waals surface area contributed by atoms with Gasteiger partial charge in [0.05, 0.1) is 0 Å². The van der Waals surface area contributed by atoms with Crippen molar-refractivity contribution in [1.82, 2.24) is 0 Å². The molecule has 0 fully saturated rings. The zero-order valence-corrected chi connectivity index (χ0v) is 17.4. The van der Waals surface area contributed by atoms with E-state index in [2.05, 4.69) is 37.5 Å². The van der Waals surface area contributed by atoms with Crippen LogP contribution < -0.4 is 0 Å². The third-order valence-corrected chi connectivity index (χ3v) is 4.80. The van der Waals surface area contributed by atoms with Gasteiger partial charge in [0.2, 0.25) is 0 Å². The molecule has 0 atom stereocenters. The quantitative estimate of drug-likeness (QED) is 0.183. The van der Waals surface area contributed by atoms with Crippen LogP contribution in [0, 0.1) is 23.7 Å². The lowest BCUT2D eigenvalue weighted by atomic mass is 10.0. The van der Waals surface area contributed by atoms with E-state index in [0.717, 1.165) is 12.8 Å². The molecule has 0 N–H and O–H groups in total. The van der Waals surface area contributed by atoms with Crippen molar-refractivity contribution in [2.24, 2.45) is 0 Å². The Balaban J connectivity index is 3.19. The van der Waals surface area contributed by atoms with Crippen LogP contribution >= 0.6 is 0 Å². The average Bonchev–Trinajstić information content (AvgIpc) is 2.63. The SMILES string of the molecule is CCCCCCCC#CC#CCCCCCCCCCCCCCC. The zero-order valence-electron chi connectivity index (χ0n) is 17.4. The minimum Gasteiger partial charge on any atom is -0.0891 e. The second kappa shape index (κ2) is 23.1. The van der Waals surface area contributed by atoms with Gasteiger partial charge in [0.1, 0.15) is 0 Å². The number of rotatable bonds is 17. The molecule has 0 amide bonds. The summed E-state index contributed by atoms with van der Waals surface area (Å²) in [5.41, 5.74) is 0. The second-order valence-electron chi connectivity index (χ2n) is 7.41. The second-order valence-corrected chi connectivity index (χ2v) is 7.41. The van der Waals surface area contributed by atoms with E-state index in [4.69, 9.17) is 0 Å². The third kappa shape index (κ3) is 23.1. The lowest BCUT2D eigenvalue weighted by Gasteiger charge is -2.01. The van der Waals surface area contributed by atoms with Crippen LogP contribution in [-0.2, 0) is 0 Å². The van der Waals surface area contributed by atoms with Crippen molar-refractivity contribution in [2.75, 3.05) is 0 Å². The van der Waals surface area contributed by atoms with Gasteiger partial charge in [-0.1, -0.05) is 122 Å². The van der Waals surface area contributed by atoms with Crippen LogP contribution in [0.25, 0.3) is 0 Å². The molecule has 0 aliphatic carbocycles. The van der Waals surface area contributed by atoms with E-state index in [1.165, 1.54) is 109 Å². The molecular formula is C25H44. The van der Waals surface area contributed by atoms with E-state index in [1.54, 1.807) is 0 Å². The smallest absolute Gasteiger partial charge is 0.00989 e. The first-order chi connectivity index (χ1) is 12.4. The van der Waals surface area contributed by atoms with E-state index in [1.807, 2.05) is 0 Å². The van der Waals surface area contributed by atoms with Crippen LogP contribution in [0.15, 0.2) is 0 Å². The Kier molecular flexibility index (Phi) is 22.3. The van der Waals surface area contributed by atoms with Gasteiger partial charge in [-0.05, 0) is 24.7 Å². The van der Waals surface area contributed by atoms with Crippen LogP contribution in [0.4, 0.5) is 0 Å². The van der Waals surface area contributed by atoms with Crippen molar-refractivity contribution in [2.45, 2.75) is 136 Å². The molecular weight excluding hydrogens is 300 g/mol. The van der Waals surface area contributed by atoms with E-state index < -0.39 is 0 Å². The standard InChI is InChI=1S/C25H44/c1-3-5-7-9-11-13-15-17-19-21-23-25-24-22-20-18-16-14-12-10-8-6-4-2/h3-15,17,19,21,23-25H2,1-2H3. The first-order valence-electron chi connectivity index (χ1n) is 11.4. The van der Waals surface area contributed by atoms with Crippen molar-refractivity contribution in [3.8, 4) is 23.7 Å². The maximum absolute atomic E-state index is 3.21. The molecule has 0 bridgehead atoms. The summed E-state index contributed by atoms with van der Waals surface area (Å²) >= 11 is 0. The highest BCUT2D eigenvalue weighted by Gasteiger charge is 1.92. The molecule has 0 saturated heterocycles. The van der Waals surface area contributed by atoms with E-state index in [9.17, 15) is 0 Å². The van der Waals surface area contributed by atoms with Gasteiger partial charge < -0.3 is 0 Å². The Bertz CT molecular complexity index is 357. The highest BCUT2D eigenvalue weighted by molar-refractivity contribution is 5.25. The summed E-state index contributed by atoms with van der Waals surface area (Å²) in [7, 11) is 0. The average molecular weight is 345 g/mol. The molecule has 0 aliphatic rings. The minimum atomic E-state index is 1.02. The van der Waals surface area contributed by atoms with Crippen LogP contribution in [0.2, 0.25) is 0 Å². The summed E-state index contributed by atoms with van der Waals surface area (Å²) in [5, 5.41) is 0. The fourth-order valence-electron chi connectivity index (χ4n) is 3.08. The monoisotopic (exact) mass is 344 g/mol. The van der Waals surface area contributed by atoms with Gasteiger partial charge in [0, 0.05) is 12.8 Å². The Labute approximate surface area is 159 Å². The Hall–Kier alpha value is -0.880. The molecule has 0 rings (SSSR count). The van der Waals surface area contributed by atoms with E-state index in [0.29, 0.717) is 0 Å². The van der Waals surface area contributed by atoms with Gasteiger partial charge in [-0.3, -0.25) is 0 Å². The topological polar surface area (TPSA) is 0 Å². The van der Waals surface area contributed by atoms with Gasteiger partial charge in [-0.25, -0.2) is 0 Å². The lowest BCUT2D eigenvalue weighted by Crippen LogP contribution is -1.82. The van der Waals surface area contributed by atoms with Gasteiger partial charge in [-0.15, -0.1) is 0 Å². The fraction of sp³-hybridized carbons (Fsp3) is 0.840. The predicted molar refractivity (Wildman–Crippen MR) is 115 cm³/mol. The minimum absolute atomic E-state index is 1.02. The van der Waals surface area contributed by atoms with Crippen LogP contribution in [0.5, 0.6) is 0 Å². The van der Waals surface area contributed by atoms with Crippen LogP contribution in [-0.4, -0.2) is 0 Å². The molecule has 144 valence electrons. The van der Waals surface area contributed by atoms with Gasteiger partial charge in [-0.2, -0.15) is 0 Å². The summed E-state index contributed by atoms with van der Waals surface area (Å²) in [6.45, 7) is 4.54. The van der Waals surface area contributed by atoms with Crippen molar-refractivity contribution in [1.29, 1.82) is 0 Å². The lowest BCUT2D eigenvalue weighted by molar-refractivity contribution is 0.545.